The highest BCUT2D eigenvalue weighted by atomic mass is 35.5. The van der Waals surface area contributed by atoms with E-state index in [-0.39, 0.29) is 12.1 Å². The minimum absolute atomic E-state index is 0.00745. The summed E-state index contributed by atoms with van der Waals surface area (Å²) in [4.78, 5) is 0. The van der Waals surface area contributed by atoms with Gasteiger partial charge in [-0.25, -0.2) is 0 Å². The SMILES string of the molecule is CNC(c1ccc(C)cc1Cl)c1ccccc1OC(C)C. The van der Waals surface area contributed by atoms with Gasteiger partial charge in [0.2, 0.25) is 0 Å². The molecule has 2 nitrogen and oxygen atoms in total. The van der Waals surface area contributed by atoms with Crippen molar-refractivity contribution in [2.24, 2.45) is 0 Å². The van der Waals surface area contributed by atoms with E-state index in [1.165, 1.54) is 0 Å². The van der Waals surface area contributed by atoms with Crippen molar-refractivity contribution in [3.8, 4) is 5.75 Å². The molecule has 0 saturated heterocycles. The summed E-state index contributed by atoms with van der Waals surface area (Å²) in [6.45, 7) is 6.11. The van der Waals surface area contributed by atoms with Crippen LogP contribution in [-0.4, -0.2) is 13.2 Å². The van der Waals surface area contributed by atoms with Crippen LogP contribution in [0.1, 0.15) is 36.6 Å². The fourth-order valence-electron chi connectivity index (χ4n) is 2.43. The smallest absolute Gasteiger partial charge is 0.124 e. The fourth-order valence-corrected chi connectivity index (χ4v) is 2.77. The summed E-state index contributed by atoms with van der Waals surface area (Å²) >= 11 is 6.43. The number of para-hydroxylation sites is 1. The summed E-state index contributed by atoms with van der Waals surface area (Å²) in [5, 5.41) is 4.12. The van der Waals surface area contributed by atoms with Crippen LogP contribution in [0.3, 0.4) is 0 Å². The maximum Gasteiger partial charge on any atom is 0.124 e. The van der Waals surface area contributed by atoms with Gasteiger partial charge in [-0.3, -0.25) is 0 Å². The molecule has 0 aliphatic heterocycles. The average molecular weight is 304 g/mol. The number of nitrogens with one attached hydrogen (secondary N) is 1. The molecule has 0 radical (unpaired) electrons. The lowest BCUT2D eigenvalue weighted by Gasteiger charge is -2.23. The lowest BCUT2D eigenvalue weighted by molar-refractivity contribution is 0.238. The molecule has 0 heterocycles. The van der Waals surface area contributed by atoms with E-state index in [0.29, 0.717) is 0 Å². The Morgan fingerprint density at radius 2 is 1.76 bits per heavy atom. The van der Waals surface area contributed by atoms with Gasteiger partial charge < -0.3 is 10.1 Å². The number of rotatable bonds is 5. The second-order valence-electron chi connectivity index (χ2n) is 5.45. The van der Waals surface area contributed by atoms with Crippen molar-refractivity contribution in [2.45, 2.75) is 32.9 Å². The molecule has 0 aliphatic carbocycles. The highest BCUT2D eigenvalue weighted by Crippen LogP contribution is 2.34. The van der Waals surface area contributed by atoms with E-state index in [2.05, 4.69) is 23.5 Å². The number of hydrogen-bond acceptors (Lipinski definition) is 2. The predicted molar refractivity (Wildman–Crippen MR) is 89.3 cm³/mol. The Balaban J connectivity index is 2.46. The van der Waals surface area contributed by atoms with Crippen molar-refractivity contribution in [2.75, 3.05) is 7.05 Å². The second-order valence-corrected chi connectivity index (χ2v) is 5.86. The molecule has 0 aliphatic rings. The van der Waals surface area contributed by atoms with Gasteiger partial charge in [-0.05, 0) is 51.1 Å². The first-order valence-corrected chi connectivity index (χ1v) is 7.59. The van der Waals surface area contributed by atoms with Crippen LogP contribution in [0.15, 0.2) is 42.5 Å². The van der Waals surface area contributed by atoms with Crippen LogP contribution in [0.4, 0.5) is 0 Å². The van der Waals surface area contributed by atoms with Gasteiger partial charge >= 0.3 is 0 Å². The highest BCUT2D eigenvalue weighted by Gasteiger charge is 2.19. The molecule has 0 amide bonds. The summed E-state index contributed by atoms with van der Waals surface area (Å²) in [6.07, 6.45) is 0.136. The van der Waals surface area contributed by atoms with Crippen molar-refractivity contribution < 1.29 is 4.74 Å². The third-order valence-electron chi connectivity index (χ3n) is 3.35. The predicted octanol–water partition coefficient (Wildman–Crippen LogP) is 4.74. The zero-order valence-corrected chi connectivity index (χ0v) is 13.7. The molecule has 2 aromatic carbocycles. The summed E-state index contributed by atoms with van der Waals surface area (Å²) in [5.41, 5.74) is 3.31. The van der Waals surface area contributed by atoms with Crippen LogP contribution in [0, 0.1) is 6.92 Å². The molecule has 1 unspecified atom stereocenters. The monoisotopic (exact) mass is 303 g/mol. The molecule has 0 spiro atoms. The molecular formula is C18H22ClNO. The Morgan fingerprint density at radius 1 is 1.05 bits per heavy atom. The number of hydrogen-bond donors (Lipinski definition) is 1. The second kappa shape index (κ2) is 6.97. The Morgan fingerprint density at radius 3 is 2.38 bits per heavy atom. The van der Waals surface area contributed by atoms with Gasteiger partial charge in [0.25, 0.3) is 0 Å². The molecule has 21 heavy (non-hydrogen) atoms. The normalized spacial score (nSPS) is 12.5. The molecule has 1 N–H and O–H groups in total. The Bertz CT molecular complexity index is 610. The topological polar surface area (TPSA) is 21.3 Å². The minimum Gasteiger partial charge on any atom is -0.491 e. The Hall–Kier alpha value is -1.51. The van der Waals surface area contributed by atoms with Gasteiger partial charge in [-0.1, -0.05) is 41.9 Å². The van der Waals surface area contributed by atoms with Gasteiger partial charge in [0.05, 0.1) is 12.1 Å². The first kappa shape index (κ1) is 15.9. The van der Waals surface area contributed by atoms with E-state index in [9.17, 15) is 0 Å². The lowest BCUT2D eigenvalue weighted by Crippen LogP contribution is -2.20. The van der Waals surface area contributed by atoms with E-state index in [0.717, 1.165) is 27.5 Å². The van der Waals surface area contributed by atoms with Crippen LogP contribution in [-0.2, 0) is 0 Å². The number of benzene rings is 2. The van der Waals surface area contributed by atoms with Crippen molar-refractivity contribution in [1.29, 1.82) is 0 Å². The molecular weight excluding hydrogens is 282 g/mol. The van der Waals surface area contributed by atoms with Gasteiger partial charge in [0.1, 0.15) is 5.75 Å². The van der Waals surface area contributed by atoms with Gasteiger partial charge in [-0.15, -0.1) is 0 Å². The minimum atomic E-state index is 0.00745. The summed E-state index contributed by atoms with van der Waals surface area (Å²) in [7, 11) is 1.94. The Kier molecular flexibility index (Phi) is 5.27. The van der Waals surface area contributed by atoms with Crippen molar-refractivity contribution in [3.05, 3.63) is 64.2 Å². The third-order valence-corrected chi connectivity index (χ3v) is 3.68. The zero-order valence-electron chi connectivity index (χ0n) is 13.0. The van der Waals surface area contributed by atoms with Crippen LogP contribution in [0.5, 0.6) is 5.75 Å². The third kappa shape index (κ3) is 3.78. The molecule has 0 bridgehead atoms. The molecule has 2 aromatic rings. The van der Waals surface area contributed by atoms with E-state index in [1.807, 2.05) is 52.1 Å². The van der Waals surface area contributed by atoms with Crippen LogP contribution >= 0.6 is 11.6 Å². The van der Waals surface area contributed by atoms with Crippen LogP contribution < -0.4 is 10.1 Å². The molecule has 2 rings (SSSR count). The maximum atomic E-state index is 6.43. The van der Waals surface area contributed by atoms with E-state index in [4.69, 9.17) is 16.3 Å². The fraction of sp³-hybridized carbons (Fsp3) is 0.333. The largest absolute Gasteiger partial charge is 0.491 e. The van der Waals surface area contributed by atoms with Gasteiger partial charge in [0, 0.05) is 10.6 Å². The summed E-state index contributed by atoms with van der Waals surface area (Å²) < 4.78 is 5.93. The lowest BCUT2D eigenvalue weighted by atomic mass is 9.97. The zero-order chi connectivity index (χ0) is 15.4. The number of halogens is 1. The van der Waals surface area contributed by atoms with Crippen molar-refractivity contribution >= 4 is 11.6 Å². The first-order chi connectivity index (χ1) is 10.0. The molecule has 0 fully saturated rings. The van der Waals surface area contributed by atoms with Gasteiger partial charge in [0.15, 0.2) is 0 Å². The summed E-state index contributed by atoms with van der Waals surface area (Å²) in [6, 6.07) is 14.2. The quantitative estimate of drug-likeness (QED) is 0.861. The number of aryl methyl sites for hydroxylation is 1. The van der Waals surface area contributed by atoms with E-state index in [1.54, 1.807) is 0 Å². The van der Waals surface area contributed by atoms with E-state index < -0.39 is 0 Å². The summed E-state index contributed by atoms with van der Waals surface area (Å²) in [5.74, 6) is 0.892. The average Bonchev–Trinajstić information content (AvgIpc) is 2.43. The van der Waals surface area contributed by atoms with Gasteiger partial charge in [-0.2, -0.15) is 0 Å². The number of ether oxygens (including phenoxy) is 1. The molecule has 0 saturated carbocycles. The van der Waals surface area contributed by atoms with E-state index >= 15 is 0 Å². The maximum absolute atomic E-state index is 6.43. The molecule has 112 valence electrons. The van der Waals surface area contributed by atoms with Crippen LogP contribution in [0.25, 0.3) is 0 Å². The Labute approximate surface area is 132 Å². The van der Waals surface area contributed by atoms with Crippen molar-refractivity contribution in [3.63, 3.8) is 0 Å². The standard InChI is InChI=1S/C18H22ClNO/c1-12(2)21-17-8-6-5-7-15(17)18(20-4)14-10-9-13(3)11-16(14)19/h5-12,18,20H,1-4H3. The molecule has 0 aromatic heterocycles. The highest BCUT2D eigenvalue weighted by molar-refractivity contribution is 6.31. The van der Waals surface area contributed by atoms with Crippen molar-refractivity contribution in [1.82, 2.24) is 5.32 Å². The molecule has 1 atom stereocenters. The molecule has 3 heteroatoms. The van der Waals surface area contributed by atoms with Crippen LogP contribution in [0.2, 0.25) is 5.02 Å². The first-order valence-electron chi connectivity index (χ1n) is 7.21.